The first kappa shape index (κ1) is 48.3. The Morgan fingerprint density at radius 2 is 1.70 bits per heavy atom. The number of carboxylic acid groups (broad SMARTS) is 1. The number of ether oxygens (including phenoxy) is 1. The molecule has 3 amide bonds. The topological polar surface area (TPSA) is 172 Å². The summed E-state index contributed by atoms with van der Waals surface area (Å²) in [5, 5.41) is 22.5. The number of carboxylic acids is 1. The van der Waals surface area contributed by atoms with Gasteiger partial charge >= 0.3 is 5.97 Å². The lowest BCUT2D eigenvalue weighted by Gasteiger charge is -2.33. The second-order valence-electron chi connectivity index (χ2n) is 20.5. The Kier molecular flexibility index (Phi) is 13.8. The highest BCUT2D eigenvalue weighted by Crippen LogP contribution is 2.39. The summed E-state index contributed by atoms with van der Waals surface area (Å²) in [7, 11) is 1.97. The SMILES string of the molecule is Cc1c(OC2CCC(CCCCN3CCC[C@H](c4cccc5c(C6CCC(=O)NC6=O)nn(C)c45)C3)CC2)cccc1-c1ccc(N2CCc3cccc(C(=O)Nc4nc5ccccc5s4)c3C2)nc1C(=O)O. The molecular weight excluding hydrogens is 937 g/mol. The number of aromatic carboxylic acids is 1. The second-order valence-corrected chi connectivity index (χ2v) is 21.5. The molecule has 7 aromatic rings. The van der Waals surface area contributed by atoms with Gasteiger partial charge in [-0.15, -0.1) is 0 Å². The maximum atomic E-state index is 13.7. The van der Waals surface area contributed by atoms with Crippen molar-refractivity contribution >= 4 is 67.1 Å². The van der Waals surface area contributed by atoms with Crippen LogP contribution >= 0.6 is 11.3 Å². The zero-order valence-corrected chi connectivity index (χ0v) is 42.4. The van der Waals surface area contributed by atoms with Crippen LogP contribution in [0.4, 0.5) is 10.9 Å². The summed E-state index contributed by atoms with van der Waals surface area (Å²) in [6, 6.07) is 29.6. The van der Waals surface area contributed by atoms with Crippen molar-refractivity contribution in [1.82, 2.24) is 30.0 Å². The molecule has 73 heavy (non-hydrogen) atoms. The fourth-order valence-electron chi connectivity index (χ4n) is 12.1. The maximum absolute atomic E-state index is 13.7. The lowest BCUT2D eigenvalue weighted by Crippen LogP contribution is -2.39. The van der Waals surface area contributed by atoms with E-state index in [9.17, 15) is 24.3 Å². The number of likely N-dealkylation sites (tertiary alicyclic amines) is 1. The molecule has 3 fully saturated rings. The third-order valence-corrected chi connectivity index (χ3v) is 16.8. The van der Waals surface area contributed by atoms with E-state index in [4.69, 9.17) is 14.8 Å². The van der Waals surface area contributed by atoms with Crippen LogP contribution < -0.4 is 20.3 Å². The van der Waals surface area contributed by atoms with Gasteiger partial charge in [0.25, 0.3) is 5.91 Å². The normalized spacial score (nSPS) is 20.5. The number of fused-ring (bicyclic) bond motifs is 3. The number of rotatable bonds is 14. The Balaban J connectivity index is 0.674. The largest absolute Gasteiger partial charge is 0.490 e. The van der Waals surface area contributed by atoms with Gasteiger partial charge in [0, 0.05) is 49.6 Å². The molecule has 14 nitrogen and oxygen atoms in total. The van der Waals surface area contributed by atoms with Gasteiger partial charge in [-0.25, -0.2) is 14.8 Å². The Bertz CT molecular complexity index is 3220. The average Bonchev–Trinajstić information content (AvgIpc) is 3.98. The standard InChI is InChI=1S/C58H62N8O6S/c1-35-40(42-25-27-50(60-53(42)57(70)71)66-32-29-37-12-7-16-43(46(37)34-66)55(68)62-58-59-47-18-3-4-20-49(47)73-58)14-9-19-48(35)72-39-23-21-36(22-24-39)11-5-6-30-65-31-10-13-38(33-65)41-15-8-17-44-52(63-64(2)54(41)44)45-26-28-51(67)61-56(45)69/h3-4,7-9,12,14-20,25,27,36,38-39,45H,5-6,10-11,13,21-24,26,28-34H2,1-2H3,(H,70,71)(H,59,62,68)(H,61,67,69)/t36?,38-,39?,45?/m0/s1. The number of thiazole rings is 1. The summed E-state index contributed by atoms with van der Waals surface area (Å²) >= 11 is 1.44. The van der Waals surface area contributed by atoms with Crippen LogP contribution in [-0.4, -0.2) is 85.7 Å². The van der Waals surface area contributed by atoms with Crippen LogP contribution in [0.2, 0.25) is 0 Å². The van der Waals surface area contributed by atoms with E-state index in [1.807, 2.05) is 85.4 Å². The molecule has 6 heterocycles. The number of piperidine rings is 2. The number of amides is 3. The van der Waals surface area contributed by atoms with Gasteiger partial charge in [0.05, 0.1) is 33.4 Å². The lowest BCUT2D eigenvalue weighted by molar-refractivity contribution is -0.134. The number of carbonyl (C=O) groups is 4. The van der Waals surface area contributed by atoms with E-state index < -0.39 is 11.9 Å². The zero-order valence-electron chi connectivity index (χ0n) is 41.6. The monoisotopic (exact) mass is 998 g/mol. The van der Waals surface area contributed by atoms with Gasteiger partial charge in [-0.2, -0.15) is 5.10 Å². The van der Waals surface area contributed by atoms with E-state index >= 15 is 0 Å². The molecule has 376 valence electrons. The smallest absolute Gasteiger partial charge is 0.355 e. The van der Waals surface area contributed by atoms with Crippen LogP contribution in [-0.2, 0) is 29.6 Å². The van der Waals surface area contributed by atoms with Gasteiger partial charge in [-0.3, -0.25) is 29.7 Å². The Morgan fingerprint density at radius 1 is 0.863 bits per heavy atom. The van der Waals surface area contributed by atoms with Crippen molar-refractivity contribution in [1.29, 1.82) is 0 Å². The number of benzene rings is 4. The van der Waals surface area contributed by atoms with Crippen LogP contribution in [0.15, 0.2) is 91.0 Å². The Labute approximate surface area is 429 Å². The summed E-state index contributed by atoms with van der Waals surface area (Å²) in [5.74, 6) is 0.228. The third-order valence-electron chi connectivity index (χ3n) is 15.9. The van der Waals surface area contributed by atoms with Gasteiger partial charge in [0.2, 0.25) is 11.8 Å². The van der Waals surface area contributed by atoms with Gasteiger partial charge in [0.1, 0.15) is 11.6 Å². The number of anilines is 2. The first-order valence-corrected chi connectivity index (χ1v) is 26.9. The number of unbranched alkanes of at least 4 members (excludes halogenated alkanes) is 1. The first-order valence-electron chi connectivity index (χ1n) is 26.1. The van der Waals surface area contributed by atoms with Crippen molar-refractivity contribution < 1.29 is 29.0 Å². The molecule has 4 aromatic carbocycles. The highest BCUT2D eigenvalue weighted by molar-refractivity contribution is 7.22. The lowest BCUT2D eigenvalue weighted by atomic mass is 9.84. The fourth-order valence-corrected chi connectivity index (χ4v) is 12.9. The summed E-state index contributed by atoms with van der Waals surface area (Å²) in [6.45, 7) is 6.28. The van der Waals surface area contributed by atoms with E-state index in [0.717, 1.165) is 113 Å². The number of para-hydroxylation sites is 2. The van der Waals surface area contributed by atoms with Crippen LogP contribution in [0.1, 0.15) is 131 Å². The highest BCUT2D eigenvalue weighted by atomic mass is 32.1. The molecule has 0 spiro atoms. The molecule has 3 aliphatic heterocycles. The summed E-state index contributed by atoms with van der Waals surface area (Å²) in [6.07, 6.45) is 11.8. The van der Waals surface area contributed by atoms with Gasteiger partial charge in [0.15, 0.2) is 10.8 Å². The molecule has 0 bridgehead atoms. The minimum Gasteiger partial charge on any atom is -0.490 e. The molecule has 1 unspecified atom stereocenters. The van der Waals surface area contributed by atoms with Crippen molar-refractivity contribution in [3.63, 3.8) is 0 Å². The molecule has 1 aliphatic carbocycles. The van der Waals surface area contributed by atoms with Crippen molar-refractivity contribution in [2.45, 2.75) is 108 Å². The molecule has 11 rings (SSSR count). The molecule has 1 saturated carbocycles. The number of hydrogen-bond acceptors (Lipinski definition) is 11. The molecule has 2 atom stereocenters. The van der Waals surface area contributed by atoms with Crippen molar-refractivity contribution in [3.8, 4) is 16.9 Å². The molecule has 4 aliphatic rings. The molecule has 15 heteroatoms. The Morgan fingerprint density at radius 3 is 2.53 bits per heavy atom. The maximum Gasteiger partial charge on any atom is 0.355 e. The molecule has 3 aromatic heterocycles. The van der Waals surface area contributed by atoms with Crippen molar-refractivity contribution in [2.75, 3.05) is 36.4 Å². The average molecular weight is 999 g/mol. The van der Waals surface area contributed by atoms with Crippen molar-refractivity contribution in [2.24, 2.45) is 13.0 Å². The van der Waals surface area contributed by atoms with Gasteiger partial charge in [-0.1, -0.05) is 78.8 Å². The molecule has 3 N–H and O–H groups in total. The quantitative estimate of drug-likeness (QED) is 0.0699. The first-order chi connectivity index (χ1) is 35.5. The molecule has 2 saturated heterocycles. The van der Waals surface area contributed by atoms with E-state index in [2.05, 4.69) is 49.7 Å². The van der Waals surface area contributed by atoms with Crippen molar-refractivity contribution in [3.05, 3.63) is 130 Å². The van der Waals surface area contributed by atoms with Crippen LogP contribution in [0.3, 0.4) is 0 Å². The minimum atomic E-state index is -1.10. The predicted molar refractivity (Wildman–Crippen MR) is 285 cm³/mol. The van der Waals surface area contributed by atoms with Crippen LogP contribution in [0, 0.1) is 12.8 Å². The van der Waals surface area contributed by atoms with E-state index in [1.54, 1.807) is 0 Å². The summed E-state index contributed by atoms with van der Waals surface area (Å²) in [5.41, 5.74) is 8.78. The van der Waals surface area contributed by atoms with Gasteiger partial charge in [-0.05, 0) is 154 Å². The van der Waals surface area contributed by atoms with E-state index in [1.165, 1.54) is 36.2 Å². The number of nitrogens with zero attached hydrogens (tertiary/aromatic N) is 6. The highest BCUT2D eigenvalue weighted by Gasteiger charge is 2.34. The van der Waals surface area contributed by atoms with E-state index in [0.29, 0.717) is 66.3 Å². The predicted octanol–water partition coefficient (Wildman–Crippen LogP) is 10.6. The van der Waals surface area contributed by atoms with Crippen LogP contribution in [0.5, 0.6) is 5.75 Å². The fraction of sp³-hybridized carbons (Fsp3) is 0.397. The number of aromatic nitrogens is 4. The van der Waals surface area contributed by atoms with E-state index in [-0.39, 0.29) is 29.5 Å². The molecule has 0 radical (unpaired) electrons. The number of imide groups is 1. The number of pyridine rings is 1. The number of hydrogen-bond donors (Lipinski definition) is 3. The minimum absolute atomic E-state index is 0.0181. The second kappa shape index (κ2) is 20.9. The number of nitrogens with one attached hydrogen (secondary N) is 2. The van der Waals surface area contributed by atoms with Crippen LogP contribution in [0.25, 0.3) is 32.2 Å². The summed E-state index contributed by atoms with van der Waals surface area (Å²) < 4.78 is 9.65. The van der Waals surface area contributed by atoms with Gasteiger partial charge < -0.3 is 19.6 Å². The summed E-state index contributed by atoms with van der Waals surface area (Å²) in [4.78, 5) is 65.3. The third kappa shape index (κ3) is 10.1. The number of aryl methyl sites for hydroxylation is 1. The number of carbonyl (C=O) groups excluding carboxylic acids is 3. The zero-order chi connectivity index (χ0) is 50.2. The Hall–Kier alpha value is -6.97. The molecular formula is C58H62N8O6S.